The smallest absolute Gasteiger partial charge is 0.299 e. The molecule has 0 bridgehead atoms. The van der Waals surface area contributed by atoms with Crippen LogP contribution < -0.4 is 5.32 Å². The van der Waals surface area contributed by atoms with Crippen molar-refractivity contribution in [2.75, 3.05) is 5.32 Å². The molecule has 0 amide bonds. The van der Waals surface area contributed by atoms with Crippen molar-refractivity contribution in [3.63, 3.8) is 0 Å². The summed E-state index contributed by atoms with van der Waals surface area (Å²) in [6, 6.07) is 3.87. The average Bonchev–Trinajstić information content (AvgIpc) is 2.41. The molecule has 1 aromatic carbocycles. The molecule has 1 N–H and O–H groups in total. The Labute approximate surface area is 122 Å². The minimum atomic E-state index is -0.624. The zero-order valence-corrected chi connectivity index (χ0v) is 12.2. The van der Waals surface area contributed by atoms with E-state index < -0.39 is 9.85 Å². The first-order valence-electron chi connectivity index (χ1n) is 7.00. The molecule has 114 valence electrons. The molecule has 2 rings (SSSR count). The van der Waals surface area contributed by atoms with E-state index in [-0.39, 0.29) is 22.8 Å². The lowest BCUT2D eigenvalue weighted by molar-refractivity contribution is -0.393. The lowest BCUT2D eigenvalue weighted by Gasteiger charge is -2.39. The van der Waals surface area contributed by atoms with Crippen molar-refractivity contribution in [2.24, 2.45) is 5.41 Å². The lowest BCUT2D eigenvalue weighted by atomic mass is 9.73. The summed E-state index contributed by atoms with van der Waals surface area (Å²) in [6.07, 6.45) is 4.25. The van der Waals surface area contributed by atoms with Crippen LogP contribution in [0.1, 0.15) is 39.5 Å². The Kier molecular flexibility index (Phi) is 4.11. The Morgan fingerprint density at radius 1 is 1.19 bits per heavy atom. The van der Waals surface area contributed by atoms with E-state index in [9.17, 15) is 20.2 Å². The number of benzene rings is 1. The van der Waals surface area contributed by atoms with E-state index in [4.69, 9.17) is 0 Å². The Hall–Kier alpha value is -2.18. The molecule has 7 nitrogen and oxygen atoms in total. The van der Waals surface area contributed by atoms with Crippen molar-refractivity contribution >= 4 is 17.1 Å². The molecule has 0 saturated heterocycles. The van der Waals surface area contributed by atoms with Crippen LogP contribution in [0, 0.1) is 25.6 Å². The average molecular weight is 293 g/mol. The minimum Gasteiger partial charge on any atom is -0.376 e. The first-order chi connectivity index (χ1) is 9.81. The van der Waals surface area contributed by atoms with Gasteiger partial charge >= 0.3 is 0 Å². The summed E-state index contributed by atoms with van der Waals surface area (Å²) in [5.41, 5.74) is -0.111. The molecule has 1 atom stereocenters. The molecule has 1 aromatic rings. The molecule has 1 aliphatic carbocycles. The molecule has 21 heavy (non-hydrogen) atoms. The fraction of sp³-hybridized carbons (Fsp3) is 0.571. The Balaban J connectivity index is 2.31. The van der Waals surface area contributed by atoms with Crippen LogP contribution in [0.2, 0.25) is 0 Å². The second kappa shape index (κ2) is 5.67. The third kappa shape index (κ3) is 3.29. The van der Waals surface area contributed by atoms with E-state index >= 15 is 0 Å². The first-order valence-corrected chi connectivity index (χ1v) is 7.00. The quantitative estimate of drug-likeness (QED) is 0.670. The normalized spacial score (nSPS) is 20.8. The fourth-order valence-corrected chi connectivity index (χ4v) is 2.86. The maximum Gasteiger partial charge on any atom is 0.299 e. The van der Waals surface area contributed by atoms with Crippen LogP contribution in [0.5, 0.6) is 0 Å². The topological polar surface area (TPSA) is 98.3 Å². The molecular formula is C14H19N3O4. The van der Waals surface area contributed by atoms with Crippen molar-refractivity contribution in [3.05, 3.63) is 38.4 Å². The highest BCUT2D eigenvalue weighted by atomic mass is 16.6. The van der Waals surface area contributed by atoms with Crippen LogP contribution in [-0.4, -0.2) is 15.9 Å². The number of anilines is 1. The monoisotopic (exact) mass is 293 g/mol. The van der Waals surface area contributed by atoms with Crippen LogP contribution in [0.3, 0.4) is 0 Å². The van der Waals surface area contributed by atoms with Crippen LogP contribution in [-0.2, 0) is 0 Å². The van der Waals surface area contributed by atoms with Gasteiger partial charge in [0.2, 0.25) is 0 Å². The van der Waals surface area contributed by atoms with Gasteiger partial charge in [0.15, 0.2) is 0 Å². The van der Waals surface area contributed by atoms with E-state index in [1.807, 2.05) is 0 Å². The molecule has 0 radical (unpaired) electrons. The number of rotatable bonds is 4. The van der Waals surface area contributed by atoms with Crippen molar-refractivity contribution in [3.8, 4) is 0 Å². The molecule has 0 spiro atoms. The number of nitro benzene ring substituents is 2. The van der Waals surface area contributed by atoms with E-state index in [1.165, 1.54) is 12.1 Å². The summed E-state index contributed by atoms with van der Waals surface area (Å²) in [4.78, 5) is 20.7. The van der Waals surface area contributed by atoms with Gasteiger partial charge in [-0.15, -0.1) is 0 Å². The number of hydrogen-bond donors (Lipinski definition) is 1. The second-order valence-corrected chi connectivity index (χ2v) is 6.15. The van der Waals surface area contributed by atoms with Gasteiger partial charge < -0.3 is 5.32 Å². The third-order valence-electron chi connectivity index (χ3n) is 4.23. The summed E-state index contributed by atoms with van der Waals surface area (Å²) in [7, 11) is 0. The van der Waals surface area contributed by atoms with Gasteiger partial charge in [-0.1, -0.05) is 26.7 Å². The molecule has 0 aromatic heterocycles. The van der Waals surface area contributed by atoms with Gasteiger partial charge in [0.25, 0.3) is 11.4 Å². The second-order valence-electron chi connectivity index (χ2n) is 6.15. The van der Waals surface area contributed by atoms with Gasteiger partial charge in [0.1, 0.15) is 5.69 Å². The molecule has 7 heteroatoms. The molecule has 0 aliphatic heterocycles. The van der Waals surface area contributed by atoms with Crippen LogP contribution in [0.4, 0.5) is 17.1 Å². The summed E-state index contributed by atoms with van der Waals surface area (Å²) in [6.45, 7) is 4.28. The van der Waals surface area contributed by atoms with Gasteiger partial charge in [-0.05, 0) is 24.3 Å². The predicted molar refractivity (Wildman–Crippen MR) is 79.4 cm³/mol. The zero-order valence-electron chi connectivity index (χ0n) is 12.2. The predicted octanol–water partition coefficient (Wildman–Crippen LogP) is 3.88. The largest absolute Gasteiger partial charge is 0.376 e. The van der Waals surface area contributed by atoms with Gasteiger partial charge in [-0.2, -0.15) is 0 Å². The van der Waals surface area contributed by atoms with Gasteiger partial charge in [0, 0.05) is 12.1 Å². The maximum absolute atomic E-state index is 11.1. The fourth-order valence-electron chi connectivity index (χ4n) is 2.86. The zero-order chi connectivity index (χ0) is 15.6. The number of hydrogen-bond acceptors (Lipinski definition) is 5. The van der Waals surface area contributed by atoms with Crippen molar-refractivity contribution in [2.45, 2.75) is 45.6 Å². The summed E-state index contributed by atoms with van der Waals surface area (Å²) >= 11 is 0. The van der Waals surface area contributed by atoms with E-state index in [0.717, 1.165) is 31.7 Å². The van der Waals surface area contributed by atoms with Gasteiger partial charge in [0.05, 0.1) is 15.9 Å². The Morgan fingerprint density at radius 3 is 2.48 bits per heavy atom. The molecule has 1 unspecified atom stereocenters. The maximum atomic E-state index is 11.1. The van der Waals surface area contributed by atoms with E-state index in [2.05, 4.69) is 19.2 Å². The molecule has 1 aliphatic rings. The standard InChI is InChI=1S/C14H19N3O4/c1-14(2)8-4-3-5-13(14)15-11-7-6-10(16(18)19)9-12(11)17(20)21/h6-7,9,13,15H,3-5,8H2,1-2H3. The van der Waals surface area contributed by atoms with Crippen LogP contribution in [0.15, 0.2) is 18.2 Å². The third-order valence-corrected chi connectivity index (χ3v) is 4.23. The Bertz CT molecular complexity index is 571. The highest BCUT2D eigenvalue weighted by Crippen LogP contribution is 2.39. The highest BCUT2D eigenvalue weighted by molar-refractivity contribution is 5.65. The molecule has 0 heterocycles. The summed E-state index contributed by atoms with van der Waals surface area (Å²) in [5.74, 6) is 0. The molecular weight excluding hydrogens is 274 g/mol. The number of non-ortho nitro benzene ring substituents is 1. The summed E-state index contributed by atoms with van der Waals surface area (Å²) < 4.78 is 0. The first kappa shape index (κ1) is 15.2. The van der Waals surface area contributed by atoms with Gasteiger partial charge in [-0.25, -0.2) is 0 Å². The SMILES string of the molecule is CC1(C)CCCCC1Nc1ccc([N+](=O)[O-])cc1[N+](=O)[O-]. The van der Waals surface area contributed by atoms with Crippen molar-refractivity contribution in [1.29, 1.82) is 0 Å². The highest BCUT2D eigenvalue weighted by Gasteiger charge is 2.33. The van der Waals surface area contributed by atoms with Gasteiger partial charge in [-0.3, -0.25) is 20.2 Å². The van der Waals surface area contributed by atoms with Crippen molar-refractivity contribution in [1.82, 2.24) is 0 Å². The number of nitrogens with one attached hydrogen (secondary N) is 1. The Morgan fingerprint density at radius 2 is 1.90 bits per heavy atom. The summed E-state index contributed by atoms with van der Waals surface area (Å²) in [5, 5.41) is 25.1. The number of nitro groups is 2. The van der Waals surface area contributed by atoms with E-state index in [1.54, 1.807) is 0 Å². The molecule has 1 saturated carbocycles. The minimum absolute atomic E-state index is 0.0495. The lowest BCUT2D eigenvalue weighted by Crippen LogP contribution is -2.39. The van der Waals surface area contributed by atoms with E-state index in [0.29, 0.717) is 5.69 Å². The van der Waals surface area contributed by atoms with Crippen LogP contribution in [0.25, 0.3) is 0 Å². The van der Waals surface area contributed by atoms with Crippen LogP contribution >= 0.6 is 0 Å². The van der Waals surface area contributed by atoms with Crippen molar-refractivity contribution < 1.29 is 9.85 Å². The molecule has 1 fully saturated rings. The number of nitrogens with zero attached hydrogens (tertiary/aromatic N) is 2.